The molecule has 0 fully saturated rings. The standard InChI is InChI=1S/C17H20ClNO2S/c1-12-9-13(2)17(14(3)10-12)22(20,21)19-8-7-15-5-4-6-16(18)11-15/h4-6,9-11,19H,7-8H2,1-3H3. The van der Waals surface area contributed by atoms with Crippen molar-refractivity contribution in [3.05, 3.63) is 63.7 Å². The molecule has 1 N–H and O–H groups in total. The smallest absolute Gasteiger partial charge is 0.211 e. The second kappa shape index (κ2) is 6.82. The van der Waals surface area contributed by atoms with Crippen LogP contribution >= 0.6 is 11.6 Å². The Bertz CT molecular complexity index is 762. The van der Waals surface area contributed by atoms with Crippen LogP contribution in [0.3, 0.4) is 0 Å². The van der Waals surface area contributed by atoms with Gasteiger partial charge in [-0.15, -0.1) is 0 Å². The van der Waals surface area contributed by atoms with Crippen LogP contribution in [0.1, 0.15) is 22.3 Å². The molecule has 0 aliphatic carbocycles. The number of halogens is 1. The van der Waals surface area contributed by atoms with Gasteiger partial charge < -0.3 is 0 Å². The number of aryl methyl sites for hydroxylation is 3. The monoisotopic (exact) mass is 337 g/mol. The van der Waals surface area contributed by atoms with Gasteiger partial charge in [-0.25, -0.2) is 13.1 Å². The molecule has 0 spiro atoms. The minimum absolute atomic E-state index is 0.343. The number of sulfonamides is 1. The fourth-order valence-electron chi connectivity index (χ4n) is 2.69. The van der Waals surface area contributed by atoms with Gasteiger partial charge in [0.25, 0.3) is 0 Å². The van der Waals surface area contributed by atoms with E-state index in [1.165, 1.54) is 0 Å². The highest BCUT2D eigenvalue weighted by atomic mass is 35.5. The molecule has 3 nitrogen and oxygen atoms in total. The minimum atomic E-state index is -3.50. The van der Waals surface area contributed by atoms with E-state index in [-0.39, 0.29) is 0 Å². The summed E-state index contributed by atoms with van der Waals surface area (Å²) in [5.74, 6) is 0. The maximum absolute atomic E-state index is 12.5. The highest BCUT2D eigenvalue weighted by molar-refractivity contribution is 7.89. The fraction of sp³-hybridized carbons (Fsp3) is 0.294. The summed E-state index contributed by atoms with van der Waals surface area (Å²) in [6.45, 7) is 5.95. The zero-order valence-electron chi connectivity index (χ0n) is 13.0. The highest BCUT2D eigenvalue weighted by Gasteiger charge is 2.19. The fourth-order valence-corrected chi connectivity index (χ4v) is 4.38. The Morgan fingerprint density at radius 3 is 2.27 bits per heavy atom. The van der Waals surface area contributed by atoms with Crippen molar-refractivity contribution in [2.24, 2.45) is 0 Å². The topological polar surface area (TPSA) is 46.2 Å². The zero-order chi connectivity index (χ0) is 16.3. The Hall–Kier alpha value is -1.36. The van der Waals surface area contributed by atoms with E-state index in [1.54, 1.807) is 6.07 Å². The first-order valence-electron chi connectivity index (χ1n) is 7.11. The number of benzene rings is 2. The van der Waals surface area contributed by atoms with Gasteiger partial charge in [-0.1, -0.05) is 41.4 Å². The van der Waals surface area contributed by atoms with Crippen LogP contribution in [0, 0.1) is 20.8 Å². The predicted molar refractivity (Wildman–Crippen MR) is 91.0 cm³/mol. The molecule has 0 atom stereocenters. The Labute approximate surface area is 137 Å². The van der Waals surface area contributed by atoms with E-state index in [9.17, 15) is 8.42 Å². The SMILES string of the molecule is Cc1cc(C)c(S(=O)(=O)NCCc2cccc(Cl)c2)c(C)c1. The van der Waals surface area contributed by atoms with Crippen LogP contribution in [0.5, 0.6) is 0 Å². The van der Waals surface area contributed by atoms with Crippen molar-refractivity contribution in [1.29, 1.82) is 0 Å². The third-order valence-corrected chi connectivity index (χ3v) is 5.47. The highest BCUT2D eigenvalue weighted by Crippen LogP contribution is 2.21. The minimum Gasteiger partial charge on any atom is -0.211 e. The van der Waals surface area contributed by atoms with E-state index in [0.29, 0.717) is 22.9 Å². The van der Waals surface area contributed by atoms with Gasteiger partial charge in [-0.05, 0) is 56.0 Å². The van der Waals surface area contributed by atoms with Crippen LogP contribution in [-0.4, -0.2) is 15.0 Å². The number of hydrogen-bond donors (Lipinski definition) is 1. The molecule has 0 unspecified atom stereocenters. The molecule has 0 saturated heterocycles. The van der Waals surface area contributed by atoms with E-state index < -0.39 is 10.0 Å². The maximum atomic E-state index is 12.5. The first-order chi connectivity index (χ1) is 10.3. The van der Waals surface area contributed by atoms with Gasteiger partial charge in [0, 0.05) is 11.6 Å². The number of hydrogen-bond acceptors (Lipinski definition) is 2. The Balaban J connectivity index is 2.12. The van der Waals surface area contributed by atoms with Crippen molar-refractivity contribution in [3.8, 4) is 0 Å². The van der Waals surface area contributed by atoms with Crippen molar-refractivity contribution < 1.29 is 8.42 Å². The number of rotatable bonds is 5. The van der Waals surface area contributed by atoms with E-state index in [2.05, 4.69) is 4.72 Å². The molecular formula is C17H20ClNO2S. The molecule has 0 radical (unpaired) electrons. The molecule has 118 valence electrons. The lowest BCUT2D eigenvalue weighted by Crippen LogP contribution is -2.27. The van der Waals surface area contributed by atoms with Crippen molar-refractivity contribution >= 4 is 21.6 Å². The molecule has 0 heterocycles. The van der Waals surface area contributed by atoms with Crippen molar-refractivity contribution in [3.63, 3.8) is 0 Å². The predicted octanol–water partition coefficient (Wildman–Crippen LogP) is 3.79. The molecule has 2 aromatic carbocycles. The van der Waals surface area contributed by atoms with Crippen LogP contribution in [0.2, 0.25) is 5.02 Å². The quantitative estimate of drug-likeness (QED) is 0.902. The lowest BCUT2D eigenvalue weighted by molar-refractivity contribution is 0.580. The summed E-state index contributed by atoms with van der Waals surface area (Å²) >= 11 is 5.93. The molecule has 0 aliphatic rings. The summed E-state index contributed by atoms with van der Waals surface area (Å²) < 4.78 is 27.7. The van der Waals surface area contributed by atoms with Crippen molar-refractivity contribution in [2.45, 2.75) is 32.1 Å². The normalized spacial score (nSPS) is 11.6. The molecule has 22 heavy (non-hydrogen) atoms. The van der Waals surface area contributed by atoms with Crippen LogP contribution in [0.4, 0.5) is 0 Å². The molecule has 0 amide bonds. The number of nitrogens with one attached hydrogen (secondary N) is 1. The van der Waals surface area contributed by atoms with Gasteiger partial charge >= 0.3 is 0 Å². The van der Waals surface area contributed by atoms with Gasteiger partial charge in [0.1, 0.15) is 0 Å². The average Bonchev–Trinajstić information content (AvgIpc) is 2.36. The van der Waals surface area contributed by atoms with Gasteiger partial charge in [0.15, 0.2) is 0 Å². The van der Waals surface area contributed by atoms with Gasteiger partial charge in [0.2, 0.25) is 10.0 Å². The van der Waals surface area contributed by atoms with Crippen LogP contribution in [0.15, 0.2) is 41.3 Å². The molecule has 0 bridgehead atoms. The summed E-state index contributed by atoms with van der Waals surface area (Å²) in [6.07, 6.45) is 0.601. The Morgan fingerprint density at radius 2 is 1.68 bits per heavy atom. The summed E-state index contributed by atoms with van der Waals surface area (Å²) in [5, 5.41) is 0.658. The van der Waals surface area contributed by atoms with Gasteiger partial charge in [-0.2, -0.15) is 0 Å². The first-order valence-corrected chi connectivity index (χ1v) is 8.97. The van der Waals surface area contributed by atoms with E-state index in [0.717, 1.165) is 22.3 Å². The molecule has 2 rings (SSSR count). The summed E-state index contributed by atoms with van der Waals surface area (Å²) in [6, 6.07) is 11.2. The summed E-state index contributed by atoms with van der Waals surface area (Å²) in [4.78, 5) is 0.379. The van der Waals surface area contributed by atoms with E-state index in [1.807, 2.05) is 51.1 Å². The van der Waals surface area contributed by atoms with Crippen LogP contribution in [-0.2, 0) is 16.4 Å². The zero-order valence-corrected chi connectivity index (χ0v) is 14.6. The Morgan fingerprint density at radius 1 is 1.05 bits per heavy atom. The lowest BCUT2D eigenvalue weighted by atomic mass is 10.1. The van der Waals surface area contributed by atoms with E-state index in [4.69, 9.17) is 11.6 Å². The molecule has 5 heteroatoms. The van der Waals surface area contributed by atoms with Crippen molar-refractivity contribution in [2.75, 3.05) is 6.54 Å². The average molecular weight is 338 g/mol. The first kappa shape index (κ1) is 17.0. The molecule has 0 aliphatic heterocycles. The third-order valence-electron chi connectivity index (χ3n) is 3.47. The molecular weight excluding hydrogens is 318 g/mol. The van der Waals surface area contributed by atoms with Crippen LogP contribution in [0.25, 0.3) is 0 Å². The largest absolute Gasteiger partial charge is 0.241 e. The van der Waals surface area contributed by atoms with Crippen molar-refractivity contribution in [1.82, 2.24) is 4.72 Å². The summed E-state index contributed by atoms with van der Waals surface area (Å²) in [5.41, 5.74) is 3.61. The van der Waals surface area contributed by atoms with Crippen LogP contribution < -0.4 is 4.72 Å². The summed E-state index contributed by atoms with van der Waals surface area (Å²) in [7, 11) is -3.50. The molecule has 0 aromatic heterocycles. The van der Waals surface area contributed by atoms with Gasteiger partial charge in [0.05, 0.1) is 4.90 Å². The van der Waals surface area contributed by atoms with E-state index >= 15 is 0 Å². The van der Waals surface area contributed by atoms with Gasteiger partial charge in [-0.3, -0.25) is 0 Å². The second-order valence-electron chi connectivity index (χ2n) is 5.51. The third kappa shape index (κ3) is 4.09. The Kier molecular flexibility index (Phi) is 5.27. The second-order valence-corrected chi connectivity index (χ2v) is 7.65. The molecule has 2 aromatic rings. The lowest BCUT2D eigenvalue weighted by Gasteiger charge is -2.13. The molecule has 0 saturated carbocycles. The maximum Gasteiger partial charge on any atom is 0.241 e.